The molecule has 0 unspecified atom stereocenters. The van der Waals surface area contributed by atoms with E-state index in [0.717, 1.165) is 19.1 Å². The van der Waals surface area contributed by atoms with Crippen LogP contribution in [0.4, 0.5) is 5.13 Å². The number of rotatable bonds is 6. The molecule has 0 aromatic carbocycles. The first-order valence-electron chi connectivity index (χ1n) is 7.06. The molecule has 0 amide bonds. The summed E-state index contributed by atoms with van der Waals surface area (Å²) in [5, 5.41) is 4.63. The maximum Gasteiger partial charge on any atom is 0.185 e. The van der Waals surface area contributed by atoms with E-state index < -0.39 is 0 Å². The van der Waals surface area contributed by atoms with Gasteiger partial charge in [0.1, 0.15) is 0 Å². The molecule has 0 saturated heterocycles. The molecular formula is C14H25N3S. The van der Waals surface area contributed by atoms with Gasteiger partial charge in [-0.25, -0.2) is 4.98 Å². The van der Waals surface area contributed by atoms with Crippen molar-refractivity contribution in [3.63, 3.8) is 0 Å². The van der Waals surface area contributed by atoms with Gasteiger partial charge in [0, 0.05) is 24.5 Å². The molecule has 1 aliphatic carbocycles. The summed E-state index contributed by atoms with van der Waals surface area (Å²) < 4.78 is 0. The third-order valence-electron chi connectivity index (χ3n) is 3.72. The normalized spacial score (nSPS) is 16.1. The quantitative estimate of drug-likeness (QED) is 0.856. The molecule has 0 atom stereocenters. The molecule has 1 N–H and O–H groups in total. The topological polar surface area (TPSA) is 28.2 Å². The van der Waals surface area contributed by atoms with Gasteiger partial charge < -0.3 is 10.2 Å². The lowest BCUT2D eigenvalue weighted by molar-refractivity contribution is 0.400. The van der Waals surface area contributed by atoms with Crippen molar-refractivity contribution in [1.29, 1.82) is 0 Å². The van der Waals surface area contributed by atoms with Crippen molar-refractivity contribution in [1.82, 2.24) is 10.3 Å². The van der Waals surface area contributed by atoms with Gasteiger partial charge in [-0.3, -0.25) is 0 Å². The Morgan fingerprint density at radius 1 is 1.44 bits per heavy atom. The predicted molar refractivity (Wildman–Crippen MR) is 79.6 cm³/mol. The van der Waals surface area contributed by atoms with E-state index in [9.17, 15) is 0 Å². The number of aromatic nitrogens is 1. The van der Waals surface area contributed by atoms with Crippen LogP contribution in [0.5, 0.6) is 0 Å². The average molecular weight is 267 g/mol. The van der Waals surface area contributed by atoms with E-state index >= 15 is 0 Å². The van der Waals surface area contributed by atoms with Crippen LogP contribution in [0, 0.1) is 0 Å². The standard InChI is InChI=1S/C14H25N3S/c1-5-15-9-12-13(10(2)3)16-14(18-12)17(4)11-7-6-8-11/h10-11,15H,5-9H2,1-4H3. The van der Waals surface area contributed by atoms with Gasteiger partial charge in [-0.05, 0) is 31.7 Å². The number of nitrogens with one attached hydrogen (secondary N) is 1. The molecule has 0 radical (unpaired) electrons. The van der Waals surface area contributed by atoms with Crippen LogP contribution in [0.3, 0.4) is 0 Å². The molecule has 2 rings (SSSR count). The van der Waals surface area contributed by atoms with Crippen molar-refractivity contribution < 1.29 is 0 Å². The van der Waals surface area contributed by atoms with Gasteiger partial charge in [0.2, 0.25) is 0 Å². The fourth-order valence-electron chi connectivity index (χ4n) is 2.25. The molecule has 0 spiro atoms. The van der Waals surface area contributed by atoms with Gasteiger partial charge in [0.05, 0.1) is 5.69 Å². The van der Waals surface area contributed by atoms with Crippen LogP contribution in [-0.4, -0.2) is 24.6 Å². The molecule has 102 valence electrons. The van der Waals surface area contributed by atoms with E-state index in [1.807, 2.05) is 11.3 Å². The van der Waals surface area contributed by atoms with Gasteiger partial charge in [-0.1, -0.05) is 20.8 Å². The zero-order chi connectivity index (χ0) is 13.1. The van der Waals surface area contributed by atoms with Crippen LogP contribution in [0.1, 0.15) is 56.5 Å². The van der Waals surface area contributed by atoms with Crippen molar-refractivity contribution in [3.05, 3.63) is 10.6 Å². The first-order valence-corrected chi connectivity index (χ1v) is 7.88. The lowest BCUT2D eigenvalue weighted by Crippen LogP contribution is -2.37. The minimum Gasteiger partial charge on any atom is -0.348 e. The van der Waals surface area contributed by atoms with Crippen molar-refractivity contribution >= 4 is 16.5 Å². The minimum absolute atomic E-state index is 0.512. The van der Waals surface area contributed by atoms with E-state index in [-0.39, 0.29) is 0 Å². The van der Waals surface area contributed by atoms with Crippen LogP contribution < -0.4 is 10.2 Å². The first-order chi connectivity index (χ1) is 8.63. The largest absolute Gasteiger partial charge is 0.348 e. The van der Waals surface area contributed by atoms with E-state index in [4.69, 9.17) is 4.98 Å². The Kier molecular flexibility index (Phi) is 4.62. The predicted octanol–water partition coefficient (Wildman–Crippen LogP) is 3.36. The third-order valence-corrected chi connectivity index (χ3v) is 4.88. The molecule has 1 aromatic heterocycles. The Labute approximate surface area is 115 Å². The SMILES string of the molecule is CCNCc1sc(N(C)C2CCC2)nc1C(C)C. The molecule has 1 saturated carbocycles. The Bertz CT molecular complexity index is 382. The molecule has 4 heteroatoms. The maximum absolute atomic E-state index is 4.87. The number of hydrogen-bond acceptors (Lipinski definition) is 4. The van der Waals surface area contributed by atoms with Crippen molar-refractivity contribution in [2.45, 2.75) is 58.5 Å². The van der Waals surface area contributed by atoms with Gasteiger partial charge in [-0.15, -0.1) is 11.3 Å². The fourth-order valence-corrected chi connectivity index (χ4v) is 3.47. The number of thiazole rings is 1. The number of nitrogens with zero attached hydrogens (tertiary/aromatic N) is 2. The highest BCUT2D eigenvalue weighted by atomic mass is 32.1. The van der Waals surface area contributed by atoms with E-state index in [0.29, 0.717) is 5.92 Å². The van der Waals surface area contributed by atoms with E-state index in [1.54, 1.807) is 0 Å². The second-order valence-electron chi connectivity index (χ2n) is 5.44. The average Bonchev–Trinajstić information content (AvgIpc) is 2.67. The third kappa shape index (κ3) is 2.86. The van der Waals surface area contributed by atoms with Gasteiger partial charge in [-0.2, -0.15) is 0 Å². The summed E-state index contributed by atoms with van der Waals surface area (Å²) in [5.41, 5.74) is 1.28. The molecule has 18 heavy (non-hydrogen) atoms. The molecule has 1 fully saturated rings. The van der Waals surface area contributed by atoms with Crippen LogP contribution in [0.15, 0.2) is 0 Å². The van der Waals surface area contributed by atoms with E-state index in [2.05, 4.69) is 38.0 Å². The van der Waals surface area contributed by atoms with Crippen molar-refractivity contribution in [3.8, 4) is 0 Å². The zero-order valence-corrected chi connectivity index (χ0v) is 12.8. The molecular weight excluding hydrogens is 242 g/mol. The summed E-state index contributed by atoms with van der Waals surface area (Å²) in [7, 11) is 2.20. The second-order valence-corrected chi connectivity index (χ2v) is 6.50. The van der Waals surface area contributed by atoms with Crippen LogP contribution in [0.2, 0.25) is 0 Å². The lowest BCUT2D eigenvalue weighted by Gasteiger charge is -2.34. The maximum atomic E-state index is 4.87. The smallest absolute Gasteiger partial charge is 0.185 e. The minimum atomic E-state index is 0.512. The Balaban J connectivity index is 2.15. The summed E-state index contributed by atoms with van der Waals surface area (Å²) in [5.74, 6) is 0.512. The Morgan fingerprint density at radius 3 is 2.67 bits per heavy atom. The van der Waals surface area contributed by atoms with E-state index in [1.165, 1.54) is 35.0 Å². The molecule has 1 aromatic rings. The molecule has 0 aliphatic heterocycles. The highest BCUT2D eigenvalue weighted by Gasteiger charge is 2.25. The summed E-state index contributed by atoms with van der Waals surface area (Å²) in [6.07, 6.45) is 4.03. The fraction of sp³-hybridized carbons (Fsp3) is 0.786. The van der Waals surface area contributed by atoms with Crippen molar-refractivity contribution in [2.24, 2.45) is 0 Å². The highest BCUT2D eigenvalue weighted by molar-refractivity contribution is 7.15. The molecule has 0 bridgehead atoms. The van der Waals surface area contributed by atoms with Gasteiger partial charge in [0.25, 0.3) is 0 Å². The Hall–Kier alpha value is -0.610. The summed E-state index contributed by atoms with van der Waals surface area (Å²) in [6.45, 7) is 8.59. The summed E-state index contributed by atoms with van der Waals surface area (Å²) in [6, 6.07) is 0.725. The molecule has 1 heterocycles. The highest BCUT2D eigenvalue weighted by Crippen LogP contribution is 2.34. The monoisotopic (exact) mass is 267 g/mol. The number of anilines is 1. The Morgan fingerprint density at radius 2 is 2.17 bits per heavy atom. The zero-order valence-electron chi connectivity index (χ0n) is 12.0. The summed E-state index contributed by atoms with van der Waals surface area (Å²) in [4.78, 5) is 8.66. The van der Waals surface area contributed by atoms with Gasteiger partial charge in [0.15, 0.2) is 5.13 Å². The summed E-state index contributed by atoms with van der Waals surface area (Å²) >= 11 is 1.87. The number of hydrogen-bond donors (Lipinski definition) is 1. The van der Waals surface area contributed by atoms with Crippen molar-refractivity contribution in [2.75, 3.05) is 18.5 Å². The van der Waals surface area contributed by atoms with Crippen LogP contribution in [0.25, 0.3) is 0 Å². The second kappa shape index (κ2) is 6.02. The molecule has 3 nitrogen and oxygen atoms in total. The van der Waals surface area contributed by atoms with Gasteiger partial charge >= 0.3 is 0 Å². The lowest BCUT2D eigenvalue weighted by atomic mass is 9.92. The van der Waals surface area contributed by atoms with Crippen LogP contribution >= 0.6 is 11.3 Å². The van der Waals surface area contributed by atoms with Crippen LogP contribution in [-0.2, 0) is 6.54 Å². The first kappa shape index (κ1) is 13.8. The molecule has 1 aliphatic rings.